The minimum Gasteiger partial charge on any atom is -0.311 e. The molecule has 5 heteroatoms. The number of nitrogens with zero attached hydrogens (tertiary/aromatic N) is 1. The standard InChI is InChI=1S/C11H16Br2N2S/c1-8(7-16-2)4-14-6-11-10(13)3-9(12)5-15-11/h3,5,8,14H,4,6-7H2,1-2H3. The number of pyridine rings is 1. The number of hydrogen-bond donors (Lipinski definition) is 1. The van der Waals surface area contributed by atoms with E-state index in [4.69, 9.17) is 0 Å². The molecule has 1 rings (SSSR count). The molecule has 0 aliphatic carbocycles. The molecule has 0 amide bonds. The van der Waals surface area contributed by atoms with Gasteiger partial charge in [0.15, 0.2) is 0 Å². The van der Waals surface area contributed by atoms with Gasteiger partial charge in [-0.05, 0) is 62.4 Å². The van der Waals surface area contributed by atoms with Gasteiger partial charge in [0, 0.05) is 21.7 Å². The molecule has 16 heavy (non-hydrogen) atoms. The average Bonchev–Trinajstić information content (AvgIpc) is 2.22. The molecule has 0 aromatic carbocycles. The molecule has 1 N–H and O–H groups in total. The van der Waals surface area contributed by atoms with Crippen LogP contribution in [0.3, 0.4) is 0 Å². The summed E-state index contributed by atoms with van der Waals surface area (Å²) in [5, 5.41) is 3.43. The highest BCUT2D eigenvalue weighted by molar-refractivity contribution is 9.11. The van der Waals surface area contributed by atoms with E-state index in [1.54, 1.807) is 0 Å². The van der Waals surface area contributed by atoms with Crippen LogP contribution in [0.25, 0.3) is 0 Å². The second kappa shape index (κ2) is 7.69. The summed E-state index contributed by atoms with van der Waals surface area (Å²) in [6.45, 7) is 4.10. The van der Waals surface area contributed by atoms with E-state index in [1.165, 1.54) is 5.75 Å². The second-order valence-electron chi connectivity index (χ2n) is 3.77. The molecule has 2 nitrogen and oxygen atoms in total. The Morgan fingerprint density at radius 2 is 2.25 bits per heavy atom. The molecule has 1 aromatic heterocycles. The molecule has 0 spiro atoms. The lowest BCUT2D eigenvalue weighted by molar-refractivity contribution is 0.554. The molecular formula is C11H16Br2N2S. The second-order valence-corrected chi connectivity index (χ2v) is 6.45. The normalized spacial score (nSPS) is 12.8. The van der Waals surface area contributed by atoms with E-state index in [1.807, 2.05) is 24.0 Å². The average molecular weight is 368 g/mol. The van der Waals surface area contributed by atoms with Gasteiger partial charge in [0.25, 0.3) is 0 Å². The molecule has 0 aliphatic heterocycles. The minimum absolute atomic E-state index is 0.698. The van der Waals surface area contributed by atoms with Crippen LogP contribution in [-0.2, 0) is 6.54 Å². The third-order valence-electron chi connectivity index (χ3n) is 2.12. The Labute approximate surface area is 118 Å². The Morgan fingerprint density at radius 1 is 1.50 bits per heavy atom. The summed E-state index contributed by atoms with van der Waals surface area (Å²) in [4.78, 5) is 4.36. The highest BCUT2D eigenvalue weighted by Gasteiger charge is 2.04. The first kappa shape index (κ1) is 14.5. The molecular weight excluding hydrogens is 352 g/mol. The lowest BCUT2D eigenvalue weighted by atomic mass is 10.2. The van der Waals surface area contributed by atoms with E-state index in [-0.39, 0.29) is 0 Å². The van der Waals surface area contributed by atoms with E-state index in [0.29, 0.717) is 5.92 Å². The van der Waals surface area contributed by atoms with Gasteiger partial charge in [-0.3, -0.25) is 4.98 Å². The predicted molar refractivity (Wildman–Crippen MR) is 78.9 cm³/mol. The van der Waals surface area contributed by atoms with Gasteiger partial charge < -0.3 is 5.32 Å². The number of aromatic nitrogens is 1. The molecule has 0 fully saturated rings. The predicted octanol–water partition coefficient (Wildman–Crippen LogP) is 3.70. The van der Waals surface area contributed by atoms with Gasteiger partial charge >= 0.3 is 0 Å². The van der Waals surface area contributed by atoms with Gasteiger partial charge in [0.2, 0.25) is 0 Å². The molecule has 1 atom stereocenters. The van der Waals surface area contributed by atoms with Gasteiger partial charge in [-0.1, -0.05) is 6.92 Å². The molecule has 0 saturated carbocycles. The lowest BCUT2D eigenvalue weighted by Crippen LogP contribution is -2.22. The van der Waals surface area contributed by atoms with E-state index in [2.05, 4.69) is 55.3 Å². The number of rotatable bonds is 6. The van der Waals surface area contributed by atoms with Crippen molar-refractivity contribution in [1.82, 2.24) is 10.3 Å². The van der Waals surface area contributed by atoms with Gasteiger partial charge in [-0.15, -0.1) is 0 Å². The third-order valence-corrected chi connectivity index (χ3v) is 4.14. The SMILES string of the molecule is CSCC(C)CNCc1ncc(Br)cc1Br. The first-order chi connectivity index (χ1) is 7.63. The van der Waals surface area contributed by atoms with Crippen LogP contribution in [0.1, 0.15) is 12.6 Å². The van der Waals surface area contributed by atoms with Crippen LogP contribution in [0, 0.1) is 5.92 Å². The summed E-state index contributed by atoms with van der Waals surface area (Å²) in [6, 6.07) is 2.02. The number of nitrogens with one attached hydrogen (secondary N) is 1. The highest BCUT2D eigenvalue weighted by Crippen LogP contribution is 2.19. The molecule has 1 aromatic rings. The molecule has 0 radical (unpaired) electrons. The Balaban J connectivity index is 2.37. The van der Waals surface area contributed by atoms with E-state index >= 15 is 0 Å². The molecule has 0 aliphatic rings. The van der Waals surface area contributed by atoms with Crippen molar-refractivity contribution in [3.05, 3.63) is 26.9 Å². The van der Waals surface area contributed by atoms with E-state index in [0.717, 1.165) is 27.7 Å². The Morgan fingerprint density at radius 3 is 2.88 bits per heavy atom. The quantitative estimate of drug-likeness (QED) is 0.829. The van der Waals surface area contributed by atoms with Crippen LogP contribution >= 0.6 is 43.6 Å². The minimum atomic E-state index is 0.698. The fourth-order valence-corrected chi connectivity index (χ4v) is 3.17. The summed E-state index contributed by atoms with van der Waals surface area (Å²) in [5.74, 6) is 1.89. The van der Waals surface area contributed by atoms with Gasteiger partial charge in [-0.2, -0.15) is 11.8 Å². The maximum atomic E-state index is 4.36. The largest absolute Gasteiger partial charge is 0.311 e. The van der Waals surface area contributed by atoms with Crippen molar-refractivity contribution in [2.45, 2.75) is 13.5 Å². The Kier molecular flexibility index (Phi) is 6.96. The van der Waals surface area contributed by atoms with Crippen molar-refractivity contribution < 1.29 is 0 Å². The first-order valence-electron chi connectivity index (χ1n) is 5.13. The van der Waals surface area contributed by atoms with Crippen LogP contribution < -0.4 is 5.32 Å². The summed E-state index contributed by atoms with van der Waals surface area (Å²) in [5.41, 5.74) is 1.06. The number of halogens is 2. The van der Waals surface area contributed by atoms with Crippen LogP contribution in [0.4, 0.5) is 0 Å². The van der Waals surface area contributed by atoms with Crippen molar-refractivity contribution in [2.24, 2.45) is 5.92 Å². The summed E-state index contributed by atoms with van der Waals surface area (Å²) >= 11 is 8.79. The zero-order valence-corrected chi connectivity index (χ0v) is 13.5. The van der Waals surface area contributed by atoms with Crippen molar-refractivity contribution >= 4 is 43.6 Å². The van der Waals surface area contributed by atoms with Crippen molar-refractivity contribution in [2.75, 3.05) is 18.6 Å². The van der Waals surface area contributed by atoms with Crippen molar-refractivity contribution in [3.63, 3.8) is 0 Å². The Bertz CT molecular complexity index is 334. The molecule has 0 bridgehead atoms. The van der Waals surface area contributed by atoms with Gasteiger partial charge in [-0.25, -0.2) is 0 Å². The van der Waals surface area contributed by atoms with E-state index < -0.39 is 0 Å². The lowest BCUT2D eigenvalue weighted by Gasteiger charge is -2.11. The molecule has 1 unspecified atom stereocenters. The van der Waals surface area contributed by atoms with Crippen LogP contribution in [0.15, 0.2) is 21.2 Å². The van der Waals surface area contributed by atoms with Crippen LogP contribution in [0.2, 0.25) is 0 Å². The monoisotopic (exact) mass is 366 g/mol. The number of hydrogen-bond acceptors (Lipinski definition) is 3. The molecule has 0 saturated heterocycles. The summed E-state index contributed by atoms with van der Waals surface area (Å²) < 4.78 is 2.05. The fraction of sp³-hybridized carbons (Fsp3) is 0.545. The Hall–Kier alpha value is 0.420. The molecule has 1 heterocycles. The first-order valence-corrected chi connectivity index (χ1v) is 8.11. The highest BCUT2D eigenvalue weighted by atomic mass is 79.9. The van der Waals surface area contributed by atoms with Crippen molar-refractivity contribution in [1.29, 1.82) is 0 Å². The molecule has 90 valence electrons. The van der Waals surface area contributed by atoms with Crippen molar-refractivity contribution in [3.8, 4) is 0 Å². The smallest absolute Gasteiger partial charge is 0.0684 e. The zero-order valence-electron chi connectivity index (χ0n) is 9.46. The van der Waals surface area contributed by atoms with Gasteiger partial charge in [0.1, 0.15) is 0 Å². The van der Waals surface area contributed by atoms with E-state index in [9.17, 15) is 0 Å². The maximum Gasteiger partial charge on any atom is 0.0684 e. The number of thioether (sulfide) groups is 1. The zero-order chi connectivity index (χ0) is 12.0. The third kappa shape index (κ3) is 5.17. The van der Waals surface area contributed by atoms with Gasteiger partial charge in [0.05, 0.1) is 5.69 Å². The topological polar surface area (TPSA) is 24.9 Å². The summed E-state index contributed by atoms with van der Waals surface area (Å²) in [6.07, 6.45) is 3.97. The maximum absolute atomic E-state index is 4.36. The summed E-state index contributed by atoms with van der Waals surface area (Å²) in [7, 11) is 0. The fourth-order valence-electron chi connectivity index (χ4n) is 1.35. The van der Waals surface area contributed by atoms with Crippen LogP contribution in [0.5, 0.6) is 0 Å². The van der Waals surface area contributed by atoms with Crippen LogP contribution in [-0.4, -0.2) is 23.5 Å².